The number of aryl methyl sites for hydroxylation is 1. The van der Waals surface area contributed by atoms with Gasteiger partial charge in [-0.15, -0.1) is 0 Å². The molecule has 0 radical (unpaired) electrons. The minimum Gasteiger partial charge on any atom is -0.311 e. The molecule has 1 atom stereocenters. The van der Waals surface area contributed by atoms with E-state index in [0.717, 1.165) is 12.5 Å². The molecular formula is C15H23N. The van der Waals surface area contributed by atoms with Crippen molar-refractivity contribution in [1.29, 1.82) is 0 Å². The van der Waals surface area contributed by atoms with Crippen molar-refractivity contribution in [1.82, 2.24) is 5.32 Å². The normalized spacial score (nSPS) is 18.9. The summed E-state index contributed by atoms with van der Waals surface area (Å²) in [4.78, 5) is 0. The molecule has 1 unspecified atom stereocenters. The zero-order valence-corrected chi connectivity index (χ0v) is 10.5. The molecule has 0 heterocycles. The first kappa shape index (κ1) is 11.7. The highest BCUT2D eigenvalue weighted by molar-refractivity contribution is 5.21. The summed E-state index contributed by atoms with van der Waals surface area (Å²) in [6, 6.07) is 10.3. The van der Waals surface area contributed by atoms with E-state index in [1.807, 2.05) is 0 Å². The van der Waals surface area contributed by atoms with Crippen molar-refractivity contribution >= 4 is 0 Å². The lowest BCUT2D eigenvalue weighted by Gasteiger charge is -2.19. The van der Waals surface area contributed by atoms with Crippen LogP contribution in [-0.2, 0) is 6.42 Å². The van der Waals surface area contributed by atoms with Gasteiger partial charge in [-0.05, 0) is 38.7 Å². The smallest absolute Gasteiger partial charge is 0.00817 e. The van der Waals surface area contributed by atoms with Gasteiger partial charge in [0.1, 0.15) is 0 Å². The van der Waals surface area contributed by atoms with E-state index in [1.54, 1.807) is 0 Å². The molecular weight excluding hydrogens is 194 g/mol. The second-order valence-electron chi connectivity index (χ2n) is 5.24. The molecule has 88 valence electrons. The average Bonchev–Trinajstić information content (AvgIpc) is 2.74. The quantitative estimate of drug-likeness (QED) is 0.814. The molecule has 1 nitrogen and oxygen atoms in total. The van der Waals surface area contributed by atoms with Gasteiger partial charge >= 0.3 is 0 Å². The van der Waals surface area contributed by atoms with Crippen molar-refractivity contribution in [2.75, 3.05) is 0 Å². The fraction of sp³-hybridized carbons (Fsp3) is 0.600. The first-order valence-corrected chi connectivity index (χ1v) is 6.55. The third kappa shape index (κ3) is 3.34. The van der Waals surface area contributed by atoms with Crippen LogP contribution in [0.1, 0.15) is 43.7 Å². The topological polar surface area (TPSA) is 12.0 Å². The highest BCUT2D eigenvalue weighted by Gasteiger charge is 2.16. The predicted molar refractivity (Wildman–Crippen MR) is 69.7 cm³/mol. The van der Waals surface area contributed by atoms with Crippen molar-refractivity contribution in [3.8, 4) is 0 Å². The van der Waals surface area contributed by atoms with Crippen LogP contribution in [0.15, 0.2) is 24.3 Å². The molecule has 0 saturated heterocycles. The molecule has 16 heavy (non-hydrogen) atoms. The molecule has 1 fully saturated rings. The Morgan fingerprint density at radius 1 is 1.19 bits per heavy atom. The molecule has 0 aromatic heterocycles. The Kier molecular flexibility index (Phi) is 4.00. The Balaban J connectivity index is 1.81. The van der Waals surface area contributed by atoms with Crippen LogP contribution in [0.25, 0.3) is 0 Å². The molecule has 0 bridgehead atoms. The van der Waals surface area contributed by atoms with Crippen LogP contribution in [0.3, 0.4) is 0 Å². The highest BCUT2D eigenvalue weighted by Crippen LogP contribution is 2.18. The van der Waals surface area contributed by atoms with Crippen LogP contribution in [-0.4, -0.2) is 12.1 Å². The van der Waals surface area contributed by atoms with E-state index in [0.29, 0.717) is 6.04 Å². The average molecular weight is 217 g/mol. The molecule has 1 heteroatoms. The van der Waals surface area contributed by atoms with E-state index in [2.05, 4.69) is 43.4 Å². The van der Waals surface area contributed by atoms with Gasteiger partial charge in [0.15, 0.2) is 0 Å². The standard InChI is InChI=1S/C15H23N/c1-12-7-9-14(10-8-12)11-13(2)16-15-5-3-4-6-15/h7-10,13,15-16H,3-6,11H2,1-2H3. The molecule has 1 aliphatic rings. The summed E-state index contributed by atoms with van der Waals surface area (Å²) < 4.78 is 0. The van der Waals surface area contributed by atoms with E-state index in [-0.39, 0.29) is 0 Å². The van der Waals surface area contributed by atoms with Crippen LogP contribution in [0.5, 0.6) is 0 Å². The first-order valence-electron chi connectivity index (χ1n) is 6.55. The van der Waals surface area contributed by atoms with Crippen molar-refractivity contribution < 1.29 is 0 Å². The Bertz CT molecular complexity index is 309. The Hall–Kier alpha value is -0.820. The van der Waals surface area contributed by atoms with Gasteiger partial charge in [-0.1, -0.05) is 42.7 Å². The molecule has 1 aliphatic carbocycles. The van der Waals surface area contributed by atoms with E-state index in [9.17, 15) is 0 Å². The Morgan fingerprint density at radius 2 is 1.81 bits per heavy atom. The predicted octanol–water partition coefficient (Wildman–Crippen LogP) is 3.46. The molecule has 0 aliphatic heterocycles. The monoisotopic (exact) mass is 217 g/mol. The van der Waals surface area contributed by atoms with Gasteiger partial charge in [0.25, 0.3) is 0 Å². The number of rotatable bonds is 4. The van der Waals surface area contributed by atoms with Gasteiger partial charge in [-0.2, -0.15) is 0 Å². The van der Waals surface area contributed by atoms with E-state index >= 15 is 0 Å². The van der Waals surface area contributed by atoms with Crippen LogP contribution >= 0.6 is 0 Å². The van der Waals surface area contributed by atoms with Gasteiger partial charge in [-0.3, -0.25) is 0 Å². The zero-order valence-electron chi connectivity index (χ0n) is 10.5. The fourth-order valence-electron chi connectivity index (χ4n) is 2.63. The van der Waals surface area contributed by atoms with Crippen molar-refractivity contribution in [3.05, 3.63) is 35.4 Å². The van der Waals surface area contributed by atoms with Crippen molar-refractivity contribution in [3.63, 3.8) is 0 Å². The third-order valence-electron chi connectivity index (χ3n) is 3.54. The van der Waals surface area contributed by atoms with E-state index in [4.69, 9.17) is 0 Å². The van der Waals surface area contributed by atoms with Gasteiger partial charge < -0.3 is 5.32 Å². The molecule has 2 rings (SSSR count). The maximum absolute atomic E-state index is 3.74. The highest BCUT2D eigenvalue weighted by atomic mass is 14.9. The van der Waals surface area contributed by atoms with E-state index in [1.165, 1.54) is 36.8 Å². The summed E-state index contributed by atoms with van der Waals surface area (Å²) in [7, 11) is 0. The number of nitrogens with one attached hydrogen (secondary N) is 1. The number of hydrogen-bond donors (Lipinski definition) is 1. The van der Waals surface area contributed by atoms with E-state index < -0.39 is 0 Å². The third-order valence-corrected chi connectivity index (χ3v) is 3.54. The summed E-state index contributed by atoms with van der Waals surface area (Å²) in [6.07, 6.45) is 6.72. The summed E-state index contributed by atoms with van der Waals surface area (Å²) >= 11 is 0. The molecule has 1 aromatic carbocycles. The SMILES string of the molecule is Cc1ccc(CC(C)NC2CCCC2)cc1. The fourth-order valence-corrected chi connectivity index (χ4v) is 2.63. The maximum atomic E-state index is 3.74. The molecule has 1 N–H and O–H groups in total. The van der Waals surface area contributed by atoms with Crippen molar-refractivity contribution in [2.45, 2.75) is 58.0 Å². The van der Waals surface area contributed by atoms with Crippen molar-refractivity contribution in [2.24, 2.45) is 0 Å². The largest absolute Gasteiger partial charge is 0.311 e. The summed E-state index contributed by atoms with van der Waals surface area (Å²) in [5.41, 5.74) is 2.80. The van der Waals surface area contributed by atoms with Gasteiger partial charge in [-0.25, -0.2) is 0 Å². The Labute approximate surface area is 99.3 Å². The lowest BCUT2D eigenvalue weighted by molar-refractivity contribution is 0.448. The minimum atomic E-state index is 0.603. The Morgan fingerprint density at radius 3 is 2.44 bits per heavy atom. The zero-order chi connectivity index (χ0) is 11.4. The summed E-state index contributed by atoms with van der Waals surface area (Å²) in [5.74, 6) is 0. The van der Waals surface area contributed by atoms with Gasteiger partial charge in [0.05, 0.1) is 0 Å². The van der Waals surface area contributed by atoms with Crippen LogP contribution in [0.4, 0.5) is 0 Å². The van der Waals surface area contributed by atoms with Crippen LogP contribution < -0.4 is 5.32 Å². The molecule has 0 amide bonds. The molecule has 1 saturated carbocycles. The second kappa shape index (κ2) is 5.49. The number of hydrogen-bond acceptors (Lipinski definition) is 1. The van der Waals surface area contributed by atoms with Crippen LogP contribution in [0.2, 0.25) is 0 Å². The maximum Gasteiger partial charge on any atom is 0.00817 e. The number of benzene rings is 1. The molecule has 1 aromatic rings. The summed E-state index contributed by atoms with van der Waals surface area (Å²) in [5, 5.41) is 3.74. The first-order chi connectivity index (χ1) is 7.74. The molecule has 0 spiro atoms. The summed E-state index contributed by atoms with van der Waals surface area (Å²) in [6.45, 7) is 4.45. The lowest BCUT2D eigenvalue weighted by atomic mass is 10.0. The minimum absolute atomic E-state index is 0.603. The second-order valence-corrected chi connectivity index (χ2v) is 5.24. The van der Waals surface area contributed by atoms with Gasteiger partial charge in [0, 0.05) is 12.1 Å². The van der Waals surface area contributed by atoms with Gasteiger partial charge in [0.2, 0.25) is 0 Å². The lowest BCUT2D eigenvalue weighted by Crippen LogP contribution is -2.35. The van der Waals surface area contributed by atoms with Crippen LogP contribution in [0, 0.1) is 6.92 Å².